The molecule has 0 amide bonds. The summed E-state index contributed by atoms with van der Waals surface area (Å²) < 4.78 is 41.6. The lowest BCUT2D eigenvalue weighted by atomic mass is 10.1. The second kappa shape index (κ2) is 2.42. The Morgan fingerprint density at radius 1 is 1.62 bits per heavy atom. The minimum atomic E-state index is -2.10. The molecule has 8 heavy (non-hydrogen) atoms. The van der Waals surface area contributed by atoms with Crippen molar-refractivity contribution in [1.29, 1.82) is 0 Å². The summed E-state index contributed by atoms with van der Waals surface area (Å²) in [4.78, 5) is 0. The maximum Gasteiger partial charge on any atom is 0.103 e. The fourth-order valence-corrected chi connectivity index (χ4v) is 0.523. The van der Waals surface area contributed by atoms with Crippen LogP contribution >= 0.6 is 0 Å². The largest absolute Gasteiger partial charge is 0.269 e. The molecule has 3 heteroatoms. The van der Waals surface area contributed by atoms with Gasteiger partial charge in [-0.1, -0.05) is 0 Å². The first kappa shape index (κ1) is 2.62. The van der Waals surface area contributed by atoms with Crippen molar-refractivity contribution in [2.45, 2.75) is 19.0 Å². The van der Waals surface area contributed by atoms with Crippen molar-refractivity contribution in [3.63, 3.8) is 0 Å². The van der Waals surface area contributed by atoms with Gasteiger partial charge in [-0.25, -0.2) is 9.40 Å². The standard InChI is InChI=1S/C5H11FN2/c6-5-1-3-8(7)4-2-5/h5H,1-4,7H2/i3D2,4D2. The molecule has 1 rings (SSSR count). The van der Waals surface area contributed by atoms with Crippen molar-refractivity contribution in [3.05, 3.63) is 0 Å². The minimum Gasteiger partial charge on any atom is -0.269 e. The average Bonchev–Trinajstić information content (AvgIpc) is 1.80. The van der Waals surface area contributed by atoms with Crippen molar-refractivity contribution in [3.8, 4) is 0 Å². The van der Waals surface area contributed by atoms with Crippen LogP contribution in [0.15, 0.2) is 0 Å². The smallest absolute Gasteiger partial charge is 0.103 e. The summed E-state index contributed by atoms with van der Waals surface area (Å²) in [6.07, 6.45) is -2.21. The summed E-state index contributed by atoms with van der Waals surface area (Å²) in [7, 11) is 0. The third-order valence-electron chi connectivity index (χ3n) is 0.966. The Morgan fingerprint density at radius 3 is 2.62 bits per heavy atom. The molecule has 0 aliphatic carbocycles. The molecule has 0 unspecified atom stereocenters. The lowest BCUT2D eigenvalue weighted by Crippen LogP contribution is -2.39. The Hall–Kier alpha value is -0.150. The number of rotatable bonds is 0. The van der Waals surface area contributed by atoms with Crippen LogP contribution in [0.4, 0.5) is 4.39 Å². The fourth-order valence-electron chi connectivity index (χ4n) is 0.523. The molecule has 0 aromatic rings. The van der Waals surface area contributed by atoms with E-state index in [9.17, 15) is 4.39 Å². The first-order valence-corrected chi connectivity index (χ1v) is 2.45. The predicted octanol–water partition coefficient (Wildman–Crippen LogP) is 0.294. The van der Waals surface area contributed by atoms with Gasteiger partial charge in [0.05, 0.1) is 0 Å². The molecule has 0 spiro atoms. The van der Waals surface area contributed by atoms with Crippen LogP contribution in [0, 0.1) is 0 Å². The number of piperidine rings is 1. The van der Waals surface area contributed by atoms with Gasteiger partial charge in [0.1, 0.15) is 6.17 Å². The van der Waals surface area contributed by atoms with Crippen LogP contribution in [0.3, 0.4) is 0 Å². The summed E-state index contributed by atoms with van der Waals surface area (Å²) in [6, 6.07) is 0. The highest BCUT2D eigenvalue weighted by molar-refractivity contribution is 4.66. The Balaban J connectivity index is 2.84. The monoisotopic (exact) mass is 122 g/mol. The van der Waals surface area contributed by atoms with Gasteiger partial charge in [-0.15, -0.1) is 0 Å². The molecule has 1 fully saturated rings. The summed E-state index contributed by atoms with van der Waals surface area (Å²) >= 11 is 0. The van der Waals surface area contributed by atoms with Gasteiger partial charge in [-0.05, 0) is 12.8 Å². The average molecular weight is 122 g/mol. The van der Waals surface area contributed by atoms with Gasteiger partial charge in [0.2, 0.25) is 0 Å². The van der Waals surface area contributed by atoms with E-state index in [0.29, 0.717) is 5.01 Å². The van der Waals surface area contributed by atoms with E-state index in [1.807, 2.05) is 0 Å². The second-order valence-corrected chi connectivity index (χ2v) is 1.69. The van der Waals surface area contributed by atoms with E-state index >= 15 is 0 Å². The molecule has 1 heterocycles. The molecular formula is C5H11FN2. The van der Waals surface area contributed by atoms with Crippen LogP contribution < -0.4 is 5.84 Å². The van der Waals surface area contributed by atoms with Crippen molar-refractivity contribution >= 4 is 0 Å². The quantitative estimate of drug-likeness (QED) is 0.468. The van der Waals surface area contributed by atoms with E-state index in [0.717, 1.165) is 0 Å². The molecule has 0 bridgehead atoms. The molecule has 0 radical (unpaired) electrons. The van der Waals surface area contributed by atoms with E-state index in [-0.39, 0.29) is 12.8 Å². The molecule has 0 aromatic heterocycles. The van der Waals surface area contributed by atoms with Crippen molar-refractivity contribution in [1.82, 2.24) is 5.01 Å². The van der Waals surface area contributed by atoms with Crippen LogP contribution in [0.1, 0.15) is 18.3 Å². The number of nitrogens with two attached hydrogens (primary N) is 1. The third kappa shape index (κ3) is 1.42. The van der Waals surface area contributed by atoms with Crippen LogP contribution in [0.5, 0.6) is 0 Å². The molecule has 2 N–H and O–H groups in total. The normalized spacial score (nSPS) is 46.2. The zero-order valence-electron chi connectivity index (χ0n) is 8.39. The molecule has 1 aliphatic heterocycles. The second-order valence-electron chi connectivity index (χ2n) is 1.69. The van der Waals surface area contributed by atoms with Gasteiger partial charge in [-0.2, -0.15) is 0 Å². The Bertz CT molecular complexity index is 168. The lowest BCUT2D eigenvalue weighted by Gasteiger charge is -2.23. The zero-order valence-corrected chi connectivity index (χ0v) is 4.39. The highest BCUT2D eigenvalue weighted by Gasteiger charge is 2.14. The van der Waals surface area contributed by atoms with Gasteiger partial charge < -0.3 is 0 Å². The van der Waals surface area contributed by atoms with Gasteiger partial charge in [0.25, 0.3) is 0 Å². The van der Waals surface area contributed by atoms with Crippen molar-refractivity contribution < 1.29 is 9.87 Å². The third-order valence-corrected chi connectivity index (χ3v) is 0.966. The molecule has 48 valence electrons. The maximum absolute atomic E-state index is 12.8. The van der Waals surface area contributed by atoms with Gasteiger partial charge in [0.15, 0.2) is 0 Å². The Labute approximate surface area is 54.0 Å². The summed E-state index contributed by atoms with van der Waals surface area (Å²) in [5, 5.41) is 0.454. The SMILES string of the molecule is [2H]C1([2H])CC(F)CC([2H])([2H])N1N. The van der Waals surface area contributed by atoms with E-state index in [1.54, 1.807) is 0 Å². The molecule has 2 nitrogen and oxygen atoms in total. The van der Waals surface area contributed by atoms with Crippen LogP contribution in [0.2, 0.25) is 0 Å². The summed E-state index contributed by atoms with van der Waals surface area (Å²) in [5.74, 6) is 5.17. The molecule has 1 saturated heterocycles. The topological polar surface area (TPSA) is 29.3 Å². The molecule has 1 aliphatic rings. The van der Waals surface area contributed by atoms with E-state index in [4.69, 9.17) is 11.3 Å². The Morgan fingerprint density at radius 2 is 2.12 bits per heavy atom. The van der Waals surface area contributed by atoms with Crippen molar-refractivity contribution in [2.24, 2.45) is 5.84 Å². The number of hydrogen-bond acceptors (Lipinski definition) is 2. The van der Waals surface area contributed by atoms with Crippen LogP contribution in [0.25, 0.3) is 0 Å². The fraction of sp³-hybridized carbons (Fsp3) is 1.00. The molecular weight excluding hydrogens is 107 g/mol. The highest BCUT2D eigenvalue weighted by atomic mass is 19.1. The molecule has 0 saturated carbocycles. The first-order valence-electron chi connectivity index (χ1n) is 4.45. The van der Waals surface area contributed by atoms with E-state index < -0.39 is 19.2 Å². The van der Waals surface area contributed by atoms with Gasteiger partial charge in [-0.3, -0.25) is 5.84 Å². The number of alkyl halides is 1. The molecule has 0 atom stereocenters. The van der Waals surface area contributed by atoms with Crippen molar-refractivity contribution in [2.75, 3.05) is 13.0 Å². The first-order chi connectivity index (χ1) is 5.26. The van der Waals surface area contributed by atoms with Crippen LogP contribution in [-0.2, 0) is 0 Å². The lowest BCUT2D eigenvalue weighted by molar-refractivity contribution is 0.152. The number of halogens is 1. The number of hydrogen-bond donors (Lipinski definition) is 1. The number of hydrazine groups is 1. The predicted molar refractivity (Wildman–Crippen MR) is 29.9 cm³/mol. The highest BCUT2D eigenvalue weighted by Crippen LogP contribution is 2.09. The maximum atomic E-state index is 12.8. The van der Waals surface area contributed by atoms with E-state index in [2.05, 4.69) is 0 Å². The molecule has 0 aromatic carbocycles. The van der Waals surface area contributed by atoms with Gasteiger partial charge in [0, 0.05) is 18.5 Å². The summed E-state index contributed by atoms with van der Waals surface area (Å²) in [6.45, 7) is -4.19. The zero-order chi connectivity index (χ0) is 9.57. The minimum absolute atomic E-state index is 0.372. The van der Waals surface area contributed by atoms with Crippen LogP contribution in [-0.4, -0.2) is 24.2 Å². The van der Waals surface area contributed by atoms with Gasteiger partial charge >= 0.3 is 0 Å². The summed E-state index contributed by atoms with van der Waals surface area (Å²) in [5.41, 5.74) is 0. The number of nitrogens with zero attached hydrogens (tertiary/aromatic N) is 1. The van der Waals surface area contributed by atoms with E-state index in [1.165, 1.54) is 0 Å². The Kier molecular flexibility index (Phi) is 0.792.